The van der Waals surface area contributed by atoms with Crippen LogP contribution in [0.2, 0.25) is 0 Å². The first-order valence-corrected chi connectivity index (χ1v) is 6.56. The predicted octanol–water partition coefficient (Wildman–Crippen LogP) is 4.26. The number of nitrogens with one attached hydrogen (secondary N) is 1. The highest BCUT2D eigenvalue weighted by Gasteiger charge is 2.19. The lowest BCUT2D eigenvalue weighted by Crippen LogP contribution is -2.30. The molecule has 0 bridgehead atoms. The van der Waals surface area contributed by atoms with Crippen molar-refractivity contribution < 1.29 is 0 Å². The first kappa shape index (κ1) is 12.4. The Morgan fingerprint density at radius 2 is 1.67 bits per heavy atom. The Morgan fingerprint density at radius 1 is 1.13 bits per heavy atom. The highest BCUT2D eigenvalue weighted by atomic mass is 32.2. The Morgan fingerprint density at radius 3 is 2.07 bits per heavy atom. The third kappa shape index (κ3) is 3.78. The van der Waals surface area contributed by atoms with Crippen molar-refractivity contribution in [1.82, 2.24) is 0 Å². The van der Waals surface area contributed by atoms with Gasteiger partial charge in [0, 0.05) is 16.6 Å². The predicted molar refractivity (Wildman–Crippen MR) is 70.8 cm³/mol. The average molecular weight is 223 g/mol. The topological polar surface area (TPSA) is 12.0 Å². The Balaban J connectivity index is 2.65. The molecule has 1 aromatic carbocycles. The van der Waals surface area contributed by atoms with Gasteiger partial charge in [0.15, 0.2) is 0 Å². The summed E-state index contributed by atoms with van der Waals surface area (Å²) in [4.78, 5) is 1.31. The molecule has 0 saturated carbocycles. The van der Waals surface area contributed by atoms with Crippen LogP contribution in [0.25, 0.3) is 0 Å². The van der Waals surface area contributed by atoms with Crippen LogP contribution in [0.1, 0.15) is 27.7 Å². The maximum absolute atomic E-state index is 3.52. The molecule has 1 aromatic rings. The van der Waals surface area contributed by atoms with E-state index in [4.69, 9.17) is 0 Å². The van der Waals surface area contributed by atoms with Crippen molar-refractivity contribution in [3.63, 3.8) is 0 Å². The van der Waals surface area contributed by atoms with Gasteiger partial charge in [0.05, 0.1) is 0 Å². The first-order valence-electron chi connectivity index (χ1n) is 5.34. The van der Waals surface area contributed by atoms with Crippen LogP contribution in [0.5, 0.6) is 0 Å². The molecule has 0 aliphatic heterocycles. The standard InChI is InChI=1S/C13H21NS/c1-10(13(2,3)4)14-11-6-8-12(15-5)9-7-11/h6-10,14H,1-5H3. The van der Waals surface area contributed by atoms with Crippen LogP contribution < -0.4 is 5.32 Å². The van der Waals surface area contributed by atoms with Gasteiger partial charge < -0.3 is 5.32 Å². The second kappa shape index (κ2) is 4.93. The smallest absolute Gasteiger partial charge is 0.0343 e. The summed E-state index contributed by atoms with van der Waals surface area (Å²) in [6, 6.07) is 9.07. The van der Waals surface area contributed by atoms with Crippen LogP contribution in [0.3, 0.4) is 0 Å². The first-order chi connectivity index (χ1) is 6.93. The molecule has 0 amide bonds. The molecule has 0 radical (unpaired) electrons. The maximum Gasteiger partial charge on any atom is 0.0343 e. The van der Waals surface area contributed by atoms with E-state index in [9.17, 15) is 0 Å². The van der Waals surface area contributed by atoms with Crippen LogP contribution in [0, 0.1) is 5.41 Å². The van der Waals surface area contributed by atoms with Gasteiger partial charge in [-0.25, -0.2) is 0 Å². The summed E-state index contributed by atoms with van der Waals surface area (Å²) in [6.45, 7) is 8.98. The largest absolute Gasteiger partial charge is 0.382 e. The number of thioether (sulfide) groups is 1. The second-order valence-corrected chi connectivity index (χ2v) is 5.84. The van der Waals surface area contributed by atoms with Gasteiger partial charge in [0.2, 0.25) is 0 Å². The van der Waals surface area contributed by atoms with E-state index in [2.05, 4.69) is 63.5 Å². The lowest BCUT2D eigenvalue weighted by molar-refractivity contribution is 0.359. The number of rotatable bonds is 3. The summed E-state index contributed by atoms with van der Waals surface area (Å²) in [7, 11) is 0. The van der Waals surface area contributed by atoms with Gasteiger partial charge in [-0.3, -0.25) is 0 Å². The number of hydrogen-bond donors (Lipinski definition) is 1. The van der Waals surface area contributed by atoms with Crippen LogP contribution >= 0.6 is 11.8 Å². The van der Waals surface area contributed by atoms with E-state index in [1.54, 1.807) is 11.8 Å². The average Bonchev–Trinajstić information content (AvgIpc) is 2.17. The molecule has 15 heavy (non-hydrogen) atoms. The fourth-order valence-corrected chi connectivity index (χ4v) is 1.56. The summed E-state index contributed by atoms with van der Waals surface area (Å²) in [5, 5.41) is 3.52. The summed E-state index contributed by atoms with van der Waals surface area (Å²) in [5.41, 5.74) is 1.49. The second-order valence-electron chi connectivity index (χ2n) is 4.96. The van der Waals surface area contributed by atoms with Gasteiger partial charge >= 0.3 is 0 Å². The summed E-state index contributed by atoms with van der Waals surface area (Å²) < 4.78 is 0. The fourth-order valence-electron chi connectivity index (χ4n) is 1.15. The van der Waals surface area contributed by atoms with Gasteiger partial charge in [-0.1, -0.05) is 20.8 Å². The molecule has 0 aromatic heterocycles. The van der Waals surface area contributed by atoms with Crippen molar-refractivity contribution >= 4 is 17.4 Å². The van der Waals surface area contributed by atoms with E-state index in [0.29, 0.717) is 6.04 Å². The molecule has 0 heterocycles. The van der Waals surface area contributed by atoms with Gasteiger partial charge in [0.25, 0.3) is 0 Å². The molecule has 84 valence electrons. The van der Waals surface area contributed by atoms with Crippen molar-refractivity contribution in [2.45, 2.75) is 38.6 Å². The van der Waals surface area contributed by atoms with E-state index in [1.165, 1.54) is 10.6 Å². The lowest BCUT2D eigenvalue weighted by Gasteiger charge is -2.29. The molecule has 1 unspecified atom stereocenters. The van der Waals surface area contributed by atoms with Crippen LogP contribution in [-0.2, 0) is 0 Å². The number of anilines is 1. The van der Waals surface area contributed by atoms with E-state index in [0.717, 1.165) is 0 Å². The van der Waals surface area contributed by atoms with E-state index < -0.39 is 0 Å². The minimum atomic E-state index is 0.290. The normalized spacial score (nSPS) is 13.7. The molecule has 1 nitrogen and oxygen atoms in total. The molecule has 0 fully saturated rings. The number of benzene rings is 1. The fraction of sp³-hybridized carbons (Fsp3) is 0.538. The zero-order valence-electron chi connectivity index (χ0n) is 10.3. The minimum Gasteiger partial charge on any atom is -0.382 e. The van der Waals surface area contributed by atoms with E-state index >= 15 is 0 Å². The molecule has 1 N–H and O–H groups in total. The molecule has 1 rings (SSSR count). The van der Waals surface area contributed by atoms with Crippen molar-refractivity contribution in [2.75, 3.05) is 11.6 Å². The molecular weight excluding hydrogens is 202 g/mol. The Hall–Kier alpha value is -0.630. The molecule has 1 atom stereocenters. The Kier molecular flexibility index (Phi) is 4.09. The Labute approximate surface area is 97.7 Å². The van der Waals surface area contributed by atoms with E-state index in [1.807, 2.05) is 0 Å². The van der Waals surface area contributed by atoms with Crippen molar-refractivity contribution in [3.8, 4) is 0 Å². The van der Waals surface area contributed by atoms with Gasteiger partial charge in [0.1, 0.15) is 0 Å². The molecule has 0 aliphatic rings. The molecule has 0 spiro atoms. The van der Waals surface area contributed by atoms with Gasteiger partial charge in [-0.05, 0) is 42.9 Å². The molecule has 2 heteroatoms. The molecular formula is C13H21NS. The van der Waals surface area contributed by atoms with Gasteiger partial charge in [-0.15, -0.1) is 11.8 Å². The quantitative estimate of drug-likeness (QED) is 0.769. The molecule has 0 aliphatic carbocycles. The summed E-state index contributed by atoms with van der Waals surface area (Å²) >= 11 is 1.77. The minimum absolute atomic E-state index is 0.290. The summed E-state index contributed by atoms with van der Waals surface area (Å²) in [5.74, 6) is 0. The Bertz CT molecular complexity index is 297. The third-order valence-corrected chi connectivity index (χ3v) is 3.52. The summed E-state index contributed by atoms with van der Waals surface area (Å²) in [6.07, 6.45) is 2.10. The highest BCUT2D eigenvalue weighted by molar-refractivity contribution is 7.98. The van der Waals surface area contributed by atoms with Crippen LogP contribution in [0.15, 0.2) is 29.2 Å². The zero-order chi connectivity index (χ0) is 11.5. The van der Waals surface area contributed by atoms with E-state index in [-0.39, 0.29) is 5.41 Å². The molecule has 0 saturated heterocycles. The van der Waals surface area contributed by atoms with Crippen LogP contribution in [0.4, 0.5) is 5.69 Å². The van der Waals surface area contributed by atoms with Crippen molar-refractivity contribution in [2.24, 2.45) is 5.41 Å². The monoisotopic (exact) mass is 223 g/mol. The zero-order valence-corrected chi connectivity index (χ0v) is 11.1. The SMILES string of the molecule is CSc1ccc(NC(C)C(C)(C)C)cc1. The van der Waals surface area contributed by atoms with Gasteiger partial charge in [-0.2, -0.15) is 0 Å². The number of hydrogen-bond acceptors (Lipinski definition) is 2. The van der Waals surface area contributed by atoms with Crippen molar-refractivity contribution in [3.05, 3.63) is 24.3 Å². The highest BCUT2D eigenvalue weighted by Crippen LogP contribution is 2.24. The lowest BCUT2D eigenvalue weighted by atomic mass is 9.88. The third-order valence-electron chi connectivity index (χ3n) is 2.77. The van der Waals surface area contributed by atoms with Crippen LogP contribution in [-0.4, -0.2) is 12.3 Å². The maximum atomic E-state index is 3.52. The van der Waals surface area contributed by atoms with Crippen molar-refractivity contribution in [1.29, 1.82) is 0 Å².